The second kappa shape index (κ2) is 7.73. The van der Waals surface area contributed by atoms with E-state index in [1.807, 2.05) is 11.3 Å². The summed E-state index contributed by atoms with van der Waals surface area (Å²) in [5.41, 5.74) is 1.57. The highest BCUT2D eigenvalue weighted by molar-refractivity contribution is 7.10. The lowest BCUT2D eigenvalue weighted by molar-refractivity contribution is -0.0324. The number of nitrogens with zero attached hydrogens (tertiary/aromatic N) is 1. The maximum absolute atomic E-state index is 5.56. The minimum atomic E-state index is 0.147. The molecule has 3 nitrogen and oxygen atoms in total. The lowest BCUT2D eigenvalue weighted by Crippen LogP contribution is -2.57. The summed E-state index contributed by atoms with van der Waals surface area (Å²) in [5.74, 6) is 0. The summed E-state index contributed by atoms with van der Waals surface area (Å²) in [4.78, 5) is 4.13. The molecule has 0 bridgehead atoms. The van der Waals surface area contributed by atoms with E-state index in [1.54, 1.807) is 0 Å². The summed E-state index contributed by atoms with van der Waals surface area (Å²) >= 11 is 1.89. The molecule has 2 atom stereocenters. The zero-order valence-corrected chi connectivity index (χ0v) is 14.8. The summed E-state index contributed by atoms with van der Waals surface area (Å²) in [6.07, 6.45) is 2.32. The van der Waals surface area contributed by atoms with Crippen molar-refractivity contribution in [3.05, 3.63) is 21.9 Å². The van der Waals surface area contributed by atoms with E-state index >= 15 is 0 Å². The van der Waals surface area contributed by atoms with E-state index in [-0.39, 0.29) is 5.54 Å². The maximum atomic E-state index is 5.56. The third-order valence-electron chi connectivity index (χ3n) is 4.83. The monoisotopic (exact) mass is 310 g/mol. The molecule has 1 aromatic rings. The molecule has 0 amide bonds. The first kappa shape index (κ1) is 16.9. The largest absolute Gasteiger partial charge is 0.379 e. The van der Waals surface area contributed by atoms with Crippen LogP contribution in [0.15, 0.2) is 11.4 Å². The smallest absolute Gasteiger partial charge is 0.0601 e. The number of morpholine rings is 1. The fraction of sp³-hybridized carbons (Fsp3) is 0.765. The Kier molecular flexibility index (Phi) is 6.23. The summed E-state index contributed by atoms with van der Waals surface area (Å²) in [7, 11) is 0. The average molecular weight is 311 g/mol. The number of hydrogen-bond donors (Lipinski definition) is 1. The van der Waals surface area contributed by atoms with Crippen LogP contribution in [-0.2, 0) is 4.74 Å². The second-order valence-corrected chi connectivity index (χ2v) is 7.11. The summed E-state index contributed by atoms with van der Waals surface area (Å²) in [5, 5.41) is 6.05. The molecule has 0 spiro atoms. The molecule has 0 radical (unpaired) electrons. The van der Waals surface area contributed by atoms with Crippen molar-refractivity contribution in [2.45, 2.75) is 52.1 Å². The van der Waals surface area contributed by atoms with Gasteiger partial charge in [-0.3, -0.25) is 4.90 Å². The van der Waals surface area contributed by atoms with Gasteiger partial charge < -0.3 is 10.1 Å². The van der Waals surface area contributed by atoms with Crippen LogP contribution in [0.4, 0.5) is 0 Å². The van der Waals surface area contributed by atoms with Crippen LogP contribution < -0.4 is 5.32 Å². The highest BCUT2D eigenvalue weighted by atomic mass is 32.1. The van der Waals surface area contributed by atoms with Crippen molar-refractivity contribution in [2.24, 2.45) is 0 Å². The maximum Gasteiger partial charge on any atom is 0.0601 e. The Morgan fingerprint density at radius 2 is 2.10 bits per heavy atom. The van der Waals surface area contributed by atoms with Gasteiger partial charge in [-0.2, -0.15) is 0 Å². The van der Waals surface area contributed by atoms with Crippen LogP contribution in [0.1, 0.15) is 50.1 Å². The molecule has 21 heavy (non-hydrogen) atoms. The van der Waals surface area contributed by atoms with Gasteiger partial charge in [0.2, 0.25) is 0 Å². The van der Waals surface area contributed by atoms with Crippen molar-refractivity contribution in [1.29, 1.82) is 0 Å². The Hall–Kier alpha value is -0.420. The van der Waals surface area contributed by atoms with Crippen molar-refractivity contribution in [1.82, 2.24) is 10.2 Å². The van der Waals surface area contributed by atoms with Crippen LogP contribution in [0.5, 0.6) is 0 Å². The Balaban J connectivity index is 2.29. The van der Waals surface area contributed by atoms with Crippen LogP contribution in [0.3, 0.4) is 0 Å². The molecule has 2 heterocycles. The predicted octanol–water partition coefficient (Wildman–Crippen LogP) is 3.60. The van der Waals surface area contributed by atoms with E-state index in [1.165, 1.54) is 16.9 Å². The molecule has 0 saturated carbocycles. The molecule has 120 valence electrons. The van der Waals surface area contributed by atoms with Gasteiger partial charge >= 0.3 is 0 Å². The van der Waals surface area contributed by atoms with Crippen LogP contribution >= 0.6 is 11.3 Å². The molecule has 2 unspecified atom stereocenters. The second-order valence-electron chi connectivity index (χ2n) is 6.17. The van der Waals surface area contributed by atoms with E-state index in [4.69, 9.17) is 4.74 Å². The Bertz CT molecular complexity index is 428. The van der Waals surface area contributed by atoms with Gasteiger partial charge in [0.1, 0.15) is 0 Å². The SMILES string of the molecule is CCCNC(c1sccc1C)C(C)(CC)N1CCOCC1. The topological polar surface area (TPSA) is 24.5 Å². The number of rotatable bonds is 7. The number of nitrogens with one attached hydrogen (secondary N) is 1. The van der Waals surface area contributed by atoms with Gasteiger partial charge in [0.25, 0.3) is 0 Å². The molecule has 2 rings (SSSR count). The van der Waals surface area contributed by atoms with E-state index in [2.05, 4.69) is 49.4 Å². The molecule has 1 N–H and O–H groups in total. The summed E-state index contributed by atoms with van der Waals surface area (Å²) in [6, 6.07) is 2.65. The molecule has 1 aliphatic heterocycles. The van der Waals surface area contributed by atoms with Gasteiger partial charge in [-0.15, -0.1) is 11.3 Å². The molecular formula is C17H30N2OS. The zero-order valence-electron chi connectivity index (χ0n) is 13.9. The standard InChI is InChI=1S/C17H30N2OS/c1-5-8-18-16(15-14(3)7-13-21-15)17(4,6-2)19-9-11-20-12-10-19/h7,13,16,18H,5-6,8-12H2,1-4H3. The van der Waals surface area contributed by atoms with Crippen molar-refractivity contribution >= 4 is 11.3 Å². The summed E-state index contributed by atoms with van der Waals surface area (Å²) < 4.78 is 5.56. The summed E-state index contributed by atoms with van der Waals surface area (Å²) in [6.45, 7) is 14.1. The van der Waals surface area contributed by atoms with Gasteiger partial charge in [-0.05, 0) is 50.2 Å². The first-order chi connectivity index (χ1) is 10.1. The average Bonchev–Trinajstić information content (AvgIpc) is 2.94. The Morgan fingerprint density at radius 3 is 2.62 bits per heavy atom. The van der Waals surface area contributed by atoms with E-state index < -0.39 is 0 Å². The molecule has 0 aromatic carbocycles. The molecule has 1 aromatic heterocycles. The van der Waals surface area contributed by atoms with E-state index in [0.29, 0.717) is 6.04 Å². The van der Waals surface area contributed by atoms with Crippen LogP contribution in [0.2, 0.25) is 0 Å². The number of aryl methyl sites for hydroxylation is 1. The lowest BCUT2D eigenvalue weighted by Gasteiger charge is -2.48. The van der Waals surface area contributed by atoms with Crippen LogP contribution in [0.25, 0.3) is 0 Å². The molecule has 1 aliphatic rings. The van der Waals surface area contributed by atoms with Crippen molar-refractivity contribution in [2.75, 3.05) is 32.8 Å². The molecule has 0 aliphatic carbocycles. The third kappa shape index (κ3) is 3.67. The normalized spacial score (nSPS) is 21.1. The first-order valence-corrected chi connectivity index (χ1v) is 9.11. The van der Waals surface area contributed by atoms with Gasteiger partial charge in [0, 0.05) is 23.5 Å². The highest BCUT2D eigenvalue weighted by Crippen LogP contribution is 2.38. The number of ether oxygens (including phenoxy) is 1. The number of thiophene rings is 1. The lowest BCUT2D eigenvalue weighted by atomic mass is 9.84. The van der Waals surface area contributed by atoms with Gasteiger partial charge in [-0.1, -0.05) is 13.8 Å². The van der Waals surface area contributed by atoms with Crippen molar-refractivity contribution in [3.63, 3.8) is 0 Å². The van der Waals surface area contributed by atoms with E-state index in [0.717, 1.165) is 39.3 Å². The van der Waals surface area contributed by atoms with Crippen molar-refractivity contribution < 1.29 is 4.74 Å². The van der Waals surface area contributed by atoms with Crippen molar-refractivity contribution in [3.8, 4) is 0 Å². The fourth-order valence-electron chi connectivity index (χ4n) is 3.25. The van der Waals surface area contributed by atoms with Crippen LogP contribution in [0, 0.1) is 6.92 Å². The molecule has 1 fully saturated rings. The third-order valence-corrected chi connectivity index (χ3v) is 5.92. The van der Waals surface area contributed by atoms with E-state index in [9.17, 15) is 0 Å². The first-order valence-electron chi connectivity index (χ1n) is 8.23. The minimum absolute atomic E-state index is 0.147. The highest BCUT2D eigenvalue weighted by Gasteiger charge is 2.40. The minimum Gasteiger partial charge on any atom is -0.379 e. The van der Waals surface area contributed by atoms with Gasteiger partial charge in [-0.25, -0.2) is 0 Å². The number of hydrogen-bond acceptors (Lipinski definition) is 4. The predicted molar refractivity (Wildman–Crippen MR) is 91.2 cm³/mol. The Labute approximate surface area is 133 Å². The van der Waals surface area contributed by atoms with Gasteiger partial charge in [0.15, 0.2) is 0 Å². The molecule has 1 saturated heterocycles. The zero-order chi connectivity index (χ0) is 15.3. The van der Waals surface area contributed by atoms with Gasteiger partial charge in [0.05, 0.1) is 19.3 Å². The fourth-order valence-corrected chi connectivity index (χ4v) is 4.39. The Morgan fingerprint density at radius 1 is 1.38 bits per heavy atom. The quantitative estimate of drug-likeness (QED) is 0.833. The van der Waals surface area contributed by atoms with Crippen LogP contribution in [-0.4, -0.2) is 43.3 Å². The molecular weight excluding hydrogens is 280 g/mol. The molecule has 4 heteroatoms.